The van der Waals surface area contributed by atoms with Crippen molar-refractivity contribution in [2.75, 3.05) is 40.4 Å². The molecule has 0 unspecified atom stereocenters. The Morgan fingerprint density at radius 3 is 2.48 bits per heavy atom. The lowest BCUT2D eigenvalue weighted by Crippen LogP contribution is -2.51. The summed E-state index contributed by atoms with van der Waals surface area (Å²) < 4.78 is 6.43. The number of halogens is 2. The number of rotatable bonds is 6. The molecule has 0 radical (unpaired) electrons. The van der Waals surface area contributed by atoms with Crippen LogP contribution >= 0.6 is 28.3 Å². The van der Waals surface area contributed by atoms with Crippen LogP contribution in [0, 0.1) is 5.41 Å². The fourth-order valence-electron chi connectivity index (χ4n) is 3.06. The van der Waals surface area contributed by atoms with Crippen LogP contribution in [-0.4, -0.2) is 51.2 Å². The number of likely N-dealkylation sites (N-methyl/N-ethyl adjacent to an activating group) is 1. The van der Waals surface area contributed by atoms with Gasteiger partial charge in [-0.25, -0.2) is 0 Å². The van der Waals surface area contributed by atoms with Gasteiger partial charge in [0.25, 0.3) is 0 Å². The second kappa shape index (κ2) is 9.62. The van der Waals surface area contributed by atoms with Gasteiger partial charge in [-0.3, -0.25) is 4.79 Å². The normalized spacial score (nSPS) is 16.5. The largest absolute Gasteiger partial charge is 0.384 e. The van der Waals surface area contributed by atoms with Crippen molar-refractivity contribution in [3.63, 3.8) is 0 Å². The summed E-state index contributed by atoms with van der Waals surface area (Å²) in [5.74, 6) is 0.216. The van der Waals surface area contributed by atoms with E-state index in [2.05, 4.69) is 33.4 Å². The van der Waals surface area contributed by atoms with Crippen LogP contribution in [0.4, 0.5) is 0 Å². The zero-order chi connectivity index (χ0) is 16.0. The Labute approximate surface area is 153 Å². The molecule has 1 heterocycles. The van der Waals surface area contributed by atoms with Crippen molar-refractivity contribution in [1.29, 1.82) is 0 Å². The summed E-state index contributed by atoms with van der Waals surface area (Å²) in [5.41, 5.74) is 0.892. The SMILES string of the molecule is COCC1(C(=O)N(C)CCc2ccc(Br)cc2)CCNCC1.Cl. The minimum atomic E-state index is -0.353. The lowest BCUT2D eigenvalue weighted by atomic mass is 9.78. The Morgan fingerprint density at radius 2 is 1.91 bits per heavy atom. The molecule has 130 valence electrons. The molecule has 1 aliphatic rings. The third-order valence-electron chi connectivity index (χ3n) is 4.43. The molecule has 1 aromatic carbocycles. The van der Waals surface area contributed by atoms with Gasteiger partial charge in [0.2, 0.25) is 5.91 Å². The first kappa shape index (κ1) is 20.4. The van der Waals surface area contributed by atoms with Gasteiger partial charge in [0, 0.05) is 25.2 Å². The van der Waals surface area contributed by atoms with Crippen molar-refractivity contribution in [3.05, 3.63) is 34.3 Å². The topological polar surface area (TPSA) is 41.6 Å². The molecule has 4 nitrogen and oxygen atoms in total. The first-order valence-electron chi connectivity index (χ1n) is 7.77. The van der Waals surface area contributed by atoms with Gasteiger partial charge in [-0.1, -0.05) is 28.1 Å². The first-order chi connectivity index (χ1) is 10.6. The van der Waals surface area contributed by atoms with Gasteiger partial charge >= 0.3 is 0 Å². The Bertz CT molecular complexity index is 484. The maximum Gasteiger partial charge on any atom is 0.230 e. The van der Waals surface area contributed by atoms with Gasteiger partial charge in [-0.05, 0) is 50.0 Å². The average molecular weight is 406 g/mol. The Hall–Kier alpha value is -0.620. The predicted octanol–water partition coefficient (Wildman–Crippen LogP) is 2.89. The zero-order valence-electron chi connectivity index (χ0n) is 13.8. The van der Waals surface area contributed by atoms with E-state index in [1.165, 1.54) is 5.56 Å². The van der Waals surface area contributed by atoms with Gasteiger partial charge < -0.3 is 15.0 Å². The first-order valence-corrected chi connectivity index (χ1v) is 8.56. The number of benzene rings is 1. The molecule has 0 atom stereocenters. The van der Waals surface area contributed by atoms with Crippen LogP contribution in [0.2, 0.25) is 0 Å². The molecule has 0 spiro atoms. The summed E-state index contributed by atoms with van der Waals surface area (Å²) in [6, 6.07) is 8.27. The molecule has 1 aliphatic heterocycles. The van der Waals surface area contributed by atoms with Gasteiger partial charge in [0.05, 0.1) is 12.0 Å². The highest BCUT2D eigenvalue weighted by Gasteiger charge is 2.41. The lowest BCUT2D eigenvalue weighted by molar-refractivity contribution is -0.146. The highest BCUT2D eigenvalue weighted by atomic mass is 79.9. The third kappa shape index (κ3) is 5.45. The second-order valence-electron chi connectivity index (χ2n) is 6.07. The second-order valence-corrected chi connectivity index (χ2v) is 6.98. The molecule has 1 saturated heterocycles. The van der Waals surface area contributed by atoms with Crippen molar-refractivity contribution in [3.8, 4) is 0 Å². The summed E-state index contributed by atoms with van der Waals surface area (Å²) in [7, 11) is 3.58. The summed E-state index contributed by atoms with van der Waals surface area (Å²) in [6.45, 7) is 3.01. The number of piperidine rings is 1. The summed E-state index contributed by atoms with van der Waals surface area (Å²) in [5, 5.41) is 3.32. The van der Waals surface area contributed by atoms with Crippen molar-refractivity contribution < 1.29 is 9.53 Å². The minimum Gasteiger partial charge on any atom is -0.384 e. The zero-order valence-corrected chi connectivity index (χ0v) is 16.2. The van der Waals surface area contributed by atoms with E-state index < -0.39 is 0 Å². The molecule has 0 bridgehead atoms. The summed E-state index contributed by atoms with van der Waals surface area (Å²) in [6.07, 6.45) is 2.57. The fourth-order valence-corrected chi connectivity index (χ4v) is 3.32. The van der Waals surface area contributed by atoms with E-state index in [9.17, 15) is 4.79 Å². The number of hydrogen-bond acceptors (Lipinski definition) is 3. The standard InChI is InChI=1S/C17H25BrN2O2.ClH/c1-20(12-7-14-3-5-15(18)6-4-14)16(21)17(13-22-2)8-10-19-11-9-17;/h3-6,19H,7-13H2,1-2H3;1H. The van der Waals surface area contributed by atoms with E-state index in [0.29, 0.717) is 6.61 Å². The molecular weight excluding hydrogens is 380 g/mol. The van der Waals surface area contributed by atoms with Crippen LogP contribution in [-0.2, 0) is 16.0 Å². The Kier molecular flexibility index (Phi) is 8.54. The van der Waals surface area contributed by atoms with Gasteiger partial charge in [0.1, 0.15) is 0 Å². The predicted molar refractivity (Wildman–Crippen MR) is 99.1 cm³/mol. The number of ether oxygens (including phenoxy) is 1. The molecule has 23 heavy (non-hydrogen) atoms. The van der Waals surface area contributed by atoms with E-state index in [-0.39, 0.29) is 23.7 Å². The van der Waals surface area contributed by atoms with Gasteiger partial charge in [0.15, 0.2) is 0 Å². The smallest absolute Gasteiger partial charge is 0.230 e. The van der Waals surface area contributed by atoms with Crippen molar-refractivity contribution in [1.82, 2.24) is 10.2 Å². The van der Waals surface area contributed by atoms with Crippen LogP contribution in [0.3, 0.4) is 0 Å². The van der Waals surface area contributed by atoms with Crippen molar-refractivity contribution >= 4 is 34.2 Å². The fraction of sp³-hybridized carbons (Fsp3) is 0.588. The maximum atomic E-state index is 12.9. The van der Waals surface area contributed by atoms with Gasteiger partial charge in [-0.2, -0.15) is 0 Å². The van der Waals surface area contributed by atoms with E-state index in [0.717, 1.165) is 43.4 Å². The number of methoxy groups -OCH3 is 1. The molecule has 1 N–H and O–H groups in total. The van der Waals surface area contributed by atoms with Crippen LogP contribution in [0.25, 0.3) is 0 Å². The number of carbonyl (C=O) groups excluding carboxylic acids is 1. The summed E-state index contributed by atoms with van der Waals surface area (Å²) in [4.78, 5) is 14.8. The van der Waals surface area contributed by atoms with E-state index in [4.69, 9.17) is 4.74 Å². The Morgan fingerprint density at radius 1 is 1.30 bits per heavy atom. The van der Waals surface area contributed by atoms with Crippen molar-refractivity contribution in [2.45, 2.75) is 19.3 Å². The Balaban J connectivity index is 0.00000264. The summed E-state index contributed by atoms with van der Waals surface area (Å²) >= 11 is 3.44. The molecule has 0 aliphatic carbocycles. The third-order valence-corrected chi connectivity index (χ3v) is 4.96. The number of carbonyl (C=O) groups is 1. The quantitative estimate of drug-likeness (QED) is 0.791. The molecule has 0 aromatic heterocycles. The number of amides is 1. The van der Waals surface area contributed by atoms with Crippen molar-refractivity contribution in [2.24, 2.45) is 5.41 Å². The number of nitrogens with zero attached hydrogens (tertiary/aromatic N) is 1. The highest BCUT2D eigenvalue weighted by Crippen LogP contribution is 2.31. The van der Waals surface area contributed by atoms with Crippen LogP contribution in [0.15, 0.2) is 28.7 Å². The van der Waals surface area contributed by atoms with Gasteiger partial charge in [-0.15, -0.1) is 12.4 Å². The molecule has 0 saturated carbocycles. The molecule has 6 heteroatoms. The van der Waals surface area contributed by atoms with Crippen LogP contribution in [0.1, 0.15) is 18.4 Å². The maximum absolute atomic E-state index is 12.9. The molecule has 1 aromatic rings. The molecule has 1 fully saturated rings. The van der Waals surface area contributed by atoms with E-state index in [1.54, 1.807) is 7.11 Å². The van der Waals surface area contributed by atoms with E-state index in [1.807, 2.05) is 24.1 Å². The minimum absolute atomic E-state index is 0. The van der Waals surface area contributed by atoms with E-state index >= 15 is 0 Å². The number of hydrogen-bond donors (Lipinski definition) is 1. The molecule has 1 amide bonds. The van der Waals surface area contributed by atoms with Crippen LogP contribution in [0.5, 0.6) is 0 Å². The molecular formula is C17H26BrClN2O2. The number of nitrogens with one attached hydrogen (secondary N) is 1. The highest BCUT2D eigenvalue weighted by molar-refractivity contribution is 9.10. The van der Waals surface area contributed by atoms with Crippen LogP contribution < -0.4 is 5.32 Å². The monoisotopic (exact) mass is 404 g/mol. The average Bonchev–Trinajstić information content (AvgIpc) is 2.54. The lowest BCUT2D eigenvalue weighted by Gasteiger charge is -2.38. The molecule has 2 rings (SSSR count).